The Labute approximate surface area is 157 Å². The molecule has 0 radical (unpaired) electrons. The number of nitrogens with two attached hydrogens (primary N) is 1. The number of likely N-dealkylation sites (tertiary alicyclic amines) is 1. The Morgan fingerprint density at radius 3 is 2.56 bits per heavy atom. The van der Waals surface area contributed by atoms with Gasteiger partial charge in [-0.15, -0.1) is 0 Å². The Bertz CT molecular complexity index is 864. The van der Waals surface area contributed by atoms with E-state index in [0.717, 1.165) is 17.5 Å². The second-order valence-corrected chi connectivity index (χ2v) is 6.46. The topological polar surface area (TPSA) is 105 Å². The third-order valence-corrected chi connectivity index (χ3v) is 4.66. The first-order valence-electron chi connectivity index (χ1n) is 8.95. The van der Waals surface area contributed by atoms with Crippen molar-refractivity contribution in [2.75, 3.05) is 13.1 Å². The van der Waals surface area contributed by atoms with Crippen LogP contribution in [0.3, 0.4) is 0 Å². The summed E-state index contributed by atoms with van der Waals surface area (Å²) in [5.41, 5.74) is 7.71. The summed E-state index contributed by atoms with van der Waals surface area (Å²) in [6, 6.07) is 8.30. The highest BCUT2D eigenvalue weighted by atomic mass is 16.2. The number of primary amides is 1. The lowest BCUT2D eigenvalue weighted by molar-refractivity contribution is -0.124. The van der Waals surface area contributed by atoms with Gasteiger partial charge in [0.1, 0.15) is 6.04 Å². The van der Waals surface area contributed by atoms with E-state index in [1.54, 1.807) is 41.4 Å². The zero-order valence-electron chi connectivity index (χ0n) is 15.1. The van der Waals surface area contributed by atoms with E-state index in [4.69, 9.17) is 5.73 Å². The molecule has 1 atom stereocenters. The summed E-state index contributed by atoms with van der Waals surface area (Å²) in [7, 11) is 0. The number of likely N-dealkylation sites (N-methyl/N-ethyl adjacent to an activating group) is 1. The van der Waals surface area contributed by atoms with Crippen LogP contribution in [0.2, 0.25) is 0 Å². The van der Waals surface area contributed by atoms with Gasteiger partial charge < -0.3 is 16.0 Å². The Hall–Kier alpha value is -3.22. The van der Waals surface area contributed by atoms with Crippen LogP contribution in [0, 0.1) is 0 Å². The second kappa shape index (κ2) is 7.99. The minimum atomic E-state index is -0.540. The summed E-state index contributed by atoms with van der Waals surface area (Å²) in [6.07, 6.45) is 4.55. The number of carbonyl (C=O) groups is 3. The number of nitrogens with zero attached hydrogens (tertiary/aromatic N) is 2. The first-order valence-corrected chi connectivity index (χ1v) is 8.95. The van der Waals surface area contributed by atoms with Crippen molar-refractivity contribution in [1.29, 1.82) is 0 Å². The molecule has 7 nitrogen and oxygen atoms in total. The largest absolute Gasteiger partial charge is 0.366 e. The van der Waals surface area contributed by atoms with Gasteiger partial charge in [0.05, 0.1) is 5.56 Å². The zero-order chi connectivity index (χ0) is 19.4. The standard InChI is InChI=1S/C20H22N4O3/c1-2-23-19(26)17-4-3-9-24(17)20(27)14-7-5-13(6-8-14)15-10-16(18(21)25)12-22-11-15/h5-8,10-12,17H,2-4,9H2,1H3,(H2,21,25)(H,23,26)/t17-/m0/s1. The van der Waals surface area contributed by atoms with E-state index in [9.17, 15) is 14.4 Å². The normalized spacial score (nSPS) is 16.2. The highest BCUT2D eigenvalue weighted by Crippen LogP contribution is 2.23. The fourth-order valence-corrected chi connectivity index (χ4v) is 3.28. The molecule has 0 spiro atoms. The Kier molecular flexibility index (Phi) is 5.49. The molecule has 3 N–H and O–H groups in total. The van der Waals surface area contributed by atoms with E-state index in [0.29, 0.717) is 30.6 Å². The highest BCUT2D eigenvalue weighted by Gasteiger charge is 2.34. The van der Waals surface area contributed by atoms with Crippen molar-refractivity contribution >= 4 is 17.7 Å². The quantitative estimate of drug-likeness (QED) is 0.838. The van der Waals surface area contributed by atoms with Crippen molar-refractivity contribution in [3.63, 3.8) is 0 Å². The molecule has 0 bridgehead atoms. The Balaban J connectivity index is 1.79. The number of benzene rings is 1. The molecule has 0 aliphatic carbocycles. The van der Waals surface area contributed by atoms with Crippen LogP contribution < -0.4 is 11.1 Å². The predicted molar refractivity (Wildman–Crippen MR) is 101 cm³/mol. The SMILES string of the molecule is CCNC(=O)[C@@H]1CCCN1C(=O)c1ccc(-c2cncc(C(N)=O)c2)cc1. The first kappa shape index (κ1) is 18.6. The van der Waals surface area contributed by atoms with Gasteiger partial charge in [0, 0.05) is 36.6 Å². The molecule has 140 valence electrons. The maximum Gasteiger partial charge on any atom is 0.254 e. The van der Waals surface area contributed by atoms with Crippen molar-refractivity contribution in [2.24, 2.45) is 5.73 Å². The summed E-state index contributed by atoms with van der Waals surface area (Å²) < 4.78 is 0. The summed E-state index contributed by atoms with van der Waals surface area (Å²) in [5.74, 6) is -0.796. The highest BCUT2D eigenvalue weighted by molar-refractivity contribution is 5.98. The molecule has 0 unspecified atom stereocenters. The molecular formula is C20H22N4O3. The van der Waals surface area contributed by atoms with Crippen LogP contribution in [0.15, 0.2) is 42.7 Å². The van der Waals surface area contributed by atoms with Crippen molar-refractivity contribution in [3.8, 4) is 11.1 Å². The Morgan fingerprint density at radius 1 is 1.15 bits per heavy atom. The molecule has 27 heavy (non-hydrogen) atoms. The van der Waals surface area contributed by atoms with Gasteiger partial charge in [0.2, 0.25) is 11.8 Å². The van der Waals surface area contributed by atoms with Crippen LogP contribution in [0.4, 0.5) is 0 Å². The van der Waals surface area contributed by atoms with Gasteiger partial charge in [-0.25, -0.2) is 0 Å². The monoisotopic (exact) mass is 366 g/mol. The smallest absolute Gasteiger partial charge is 0.254 e. The number of amides is 3. The molecule has 1 aromatic carbocycles. The average molecular weight is 366 g/mol. The van der Waals surface area contributed by atoms with Crippen LogP contribution in [0.5, 0.6) is 0 Å². The maximum absolute atomic E-state index is 12.8. The van der Waals surface area contributed by atoms with Crippen LogP contribution in [-0.2, 0) is 4.79 Å². The molecule has 1 aliphatic rings. The van der Waals surface area contributed by atoms with Gasteiger partial charge in [-0.05, 0) is 43.5 Å². The van der Waals surface area contributed by atoms with Crippen molar-refractivity contribution in [3.05, 3.63) is 53.9 Å². The van der Waals surface area contributed by atoms with Gasteiger partial charge in [0.25, 0.3) is 5.91 Å². The molecule has 1 fully saturated rings. The molecule has 3 amide bonds. The number of hydrogen-bond acceptors (Lipinski definition) is 4. The van der Waals surface area contributed by atoms with Gasteiger partial charge in [-0.2, -0.15) is 0 Å². The van der Waals surface area contributed by atoms with Crippen LogP contribution in [-0.4, -0.2) is 46.7 Å². The number of nitrogens with one attached hydrogen (secondary N) is 1. The number of carbonyl (C=O) groups excluding carboxylic acids is 3. The maximum atomic E-state index is 12.8. The lowest BCUT2D eigenvalue weighted by Gasteiger charge is -2.24. The van der Waals surface area contributed by atoms with E-state index in [2.05, 4.69) is 10.3 Å². The Morgan fingerprint density at radius 2 is 1.89 bits per heavy atom. The molecule has 3 rings (SSSR count). The zero-order valence-corrected chi connectivity index (χ0v) is 15.1. The van der Waals surface area contributed by atoms with Crippen molar-refractivity contribution < 1.29 is 14.4 Å². The molecule has 7 heteroatoms. The van der Waals surface area contributed by atoms with Crippen molar-refractivity contribution in [2.45, 2.75) is 25.8 Å². The lowest BCUT2D eigenvalue weighted by atomic mass is 10.0. The predicted octanol–water partition coefficient (Wildman–Crippen LogP) is 1.59. The van der Waals surface area contributed by atoms with Crippen LogP contribution in [0.25, 0.3) is 11.1 Å². The summed E-state index contributed by atoms with van der Waals surface area (Å²) in [4.78, 5) is 42.0. The summed E-state index contributed by atoms with van der Waals surface area (Å²) in [5, 5.41) is 2.79. The fraction of sp³-hybridized carbons (Fsp3) is 0.300. The number of rotatable bonds is 5. The summed E-state index contributed by atoms with van der Waals surface area (Å²) in [6.45, 7) is 2.98. The van der Waals surface area contributed by atoms with E-state index in [-0.39, 0.29) is 11.8 Å². The first-order chi connectivity index (χ1) is 13.0. The summed E-state index contributed by atoms with van der Waals surface area (Å²) >= 11 is 0. The van der Waals surface area contributed by atoms with Gasteiger partial charge in [0.15, 0.2) is 0 Å². The van der Waals surface area contributed by atoms with Crippen molar-refractivity contribution in [1.82, 2.24) is 15.2 Å². The number of aromatic nitrogens is 1. The average Bonchev–Trinajstić information content (AvgIpc) is 3.18. The minimum Gasteiger partial charge on any atom is -0.366 e. The molecule has 1 aromatic heterocycles. The van der Waals surface area contributed by atoms with Crippen LogP contribution >= 0.6 is 0 Å². The van der Waals surface area contributed by atoms with E-state index in [1.165, 1.54) is 6.20 Å². The molecule has 2 heterocycles. The van der Waals surface area contributed by atoms with E-state index < -0.39 is 11.9 Å². The fourth-order valence-electron chi connectivity index (χ4n) is 3.28. The lowest BCUT2D eigenvalue weighted by Crippen LogP contribution is -2.45. The third kappa shape index (κ3) is 3.97. The minimum absolute atomic E-state index is 0.102. The second-order valence-electron chi connectivity index (χ2n) is 6.46. The van der Waals surface area contributed by atoms with Gasteiger partial charge in [-0.3, -0.25) is 19.4 Å². The molecule has 2 aromatic rings. The van der Waals surface area contributed by atoms with Crippen LogP contribution in [0.1, 0.15) is 40.5 Å². The van der Waals surface area contributed by atoms with Gasteiger partial charge in [-0.1, -0.05) is 12.1 Å². The number of pyridine rings is 1. The number of hydrogen-bond donors (Lipinski definition) is 2. The van der Waals surface area contributed by atoms with E-state index in [1.807, 2.05) is 6.92 Å². The third-order valence-electron chi connectivity index (χ3n) is 4.66. The molecular weight excluding hydrogens is 344 g/mol. The van der Waals surface area contributed by atoms with E-state index >= 15 is 0 Å². The van der Waals surface area contributed by atoms with Gasteiger partial charge >= 0.3 is 0 Å². The molecule has 0 saturated carbocycles. The molecule has 1 aliphatic heterocycles. The molecule has 1 saturated heterocycles.